The molecule has 15 heavy (non-hydrogen) atoms. The minimum Gasteiger partial charge on any atom is -0.395 e. The molecule has 0 aromatic heterocycles. The van der Waals surface area contributed by atoms with E-state index in [1.54, 1.807) is 6.07 Å². The van der Waals surface area contributed by atoms with Gasteiger partial charge in [-0.25, -0.2) is 4.39 Å². The summed E-state index contributed by atoms with van der Waals surface area (Å²) in [5.41, 5.74) is 0.838. The Balaban J connectivity index is 2.57. The average molecular weight is 232 g/mol. The van der Waals surface area contributed by atoms with E-state index in [-0.39, 0.29) is 18.5 Å². The van der Waals surface area contributed by atoms with Gasteiger partial charge in [-0.15, -0.1) is 0 Å². The fraction of sp³-hybridized carbons (Fsp3) is 0.455. The second-order valence-electron chi connectivity index (χ2n) is 3.40. The Kier molecular flexibility index (Phi) is 5.02. The molecule has 0 aliphatic rings. The lowest BCUT2D eigenvalue weighted by Gasteiger charge is -2.14. The van der Waals surface area contributed by atoms with Gasteiger partial charge in [0.1, 0.15) is 5.82 Å². The lowest BCUT2D eigenvalue weighted by molar-refractivity contribution is 0.238. The third kappa shape index (κ3) is 3.78. The van der Waals surface area contributed by atoms with Crippen molar-refractivity contribution >= 4 is 11.6 Å². The van der Waals surface area contributed by atoms with Gasteiger partial charge in [0, 0.05) is 17.6 Å². The van der Waals surface area contributed by atoms with Crippen LogP contribution < -0.4 is 5.32 Å². The largest absolute Gasteiger partial charge is 0.395 e. The summed E-state index contributed by atoms with van der Waals surface area (Å²) in [6.45, 7) is 2.62. The number of hydrogen-bond acceptors (Lipinski definition) is 2. The molecule has 2 nitrogen and oxygen atoms in total. The summed E-state index contributed by atoms with van der Waals surface area (Å²) < 4.78 is 12.7. The van der Waals surface area contributed by atoms with Gasteiger partial charge in [0.05, 0.1) is 6.61 Å². The second kappa shape index (κ2) is 6.05. The molecule has 84 valence electrons. The SMILES string of the molecule is CC[C@H](CO)NCc1ccc(F)cc1Cl. The number of aliphatic hydroxyl groups excluding tert-OH is 1. The zero-order chi connectivity index (χ0) is 11.3. The molecule has 2 N–H and O–H groups in total. The normalized spacial score (nSPS) is 12.8. The topological polar surface area (TPSA) is 32.3 Å². The molecule has 0 radical (unpaired) electrons. The van der Waals surface area contributed by atoms with Crippen LogP contribution in [-0.2, 0) is 6.54 Å². The van der Waals surface area contributed by atoms with Crippen molar-refractivity contribution in [1.82, 2.24) is 5.32 Å². The van der Waals surface area contributed by atoms with Crippen LogP contribution in [0.4, 0.5) is 4.39 Å². The first-order valence-electron chi connectivity index (χ1n) is 4.95. The van der Waals surface area contributed by atoms with E-state index in [1.165, 1.54) is 12.1 Å². The van der Waals surface area contributed by atoms with Crippen molar-refractivity contribution in [1.29, 1.82) is 0 Å². The highest BCUT2D eigenvalue weighted by Gasteiger charge is 2.06. The second-order valence-corrected chi connectivity index (χ2v) is 3.81. The third-order valence-electron chi connectivity index (χ3n) is 2.31. The number of halogens is 2. The summed E-state index contributed by atoms with van der Waals surface area (Å²) in [4.78, 5) is 0. The lowest BCUT2D eigenvalue weighted by Crippen LogP contribution is -2.31. The minimum atomic E-state index is -0.335. The molecule has 4 heteroatoms. The molecule has 1 rings (SSSR count). The molecule has 1 atom stereocenters. The van der Waals surface area contributed by atoms with Crippen molar-refractivity contribution in [3.63, 3.8) is 0 Å². The van der Waals surface area contributed by atoms with Crippen molar-refractivity contribution in [3.8, 4) is 0 Å². The number of hydrogen-bond donors (Lipinski definition) is 2. The molecule has 0 fully saturated rings. The van der Waals surface area contributed by atoms with E-state index in [4.69, 9.17) is 16.7 Å². The quantitative estimate of drug-likeness (QED) is 0.815. The Labute approximate surface area is 94.1 Å². The van der Waals surface area contributed by atoms with E-state index in [0.717, 1.165) is 12.0 Å². The zero-order valence-corrected chi connectivity index (χ0v) is 9.39. The van der Waals surface area contributed by atoms with Crippen LogP contribution in [0.1, 0.15) is 18.9 Å². The Morgan fingerprint density at radius 1 is 1.53 bits per heavy atom. The minimum absolute atomic E-state index is 0.0612. The number of benzene rings is 1. The zero-order valence-electron chi connectivity index (χ0n) is 8.63. The van der Waals surface area contributed by atoms with Crippen molar-refractivity contribution in [3.05, 3.63) is 34.6 Å². The van der Waals surface area contributed by atoms with E-state index >= 15 is 0 Å². The van der Waals surface area contributed by atoms with Crippen LogP contribution in [0.2, 0.25) is 5.02 Å². The van der Waals surface area contributed by atoms with E-state index in [2.05, 4.69) is 5.32 Å². The van der Waals surface area contributed by atoms with Crippen LogP contribution in [0, 0.1) is 5.82 Å². The molecule has 0 saturated heterocycles. The van der Waals surface area contributed by atoms with Crippen LogP contribution in [-0.4, -0.2) is 17.8 Å². The van der Waals surface area contributed by atoms with Gasteiger partial charge < -0.3 is 10.4 Å². The number of aliphatic hydroxyl groups is 1. The monoisotopic (exact) mass is 231 g/mol. The van der Waals surface area contributed by atoms with Crippen LogP contribution in [0.15, 0.2) is 18.2 Å². The molecule has 0 bridgehead atoms. The smallest absolute Gasteiger partial charge is 0.124 e. The molecule has 0 saturated carbocycles. The molecular formula is C11H15ClFNO. The summed E-state index contributed by atoms with van der Waals surface area (Å²) in [5.74, 6) is -0.335. The molecule has 0 unspecified atom stereocenters. The molecule has 0 amide bonds. The summed E-state index contributed by atoms with van der Waals surface area (Å²) in [7, 11) is 0. The highest BCUT2D eigenvalue weighted by molar-refractivity contribution is 6.31. The van der Waals surface area contributed by atoms with Gasteiger partial charge >= 0.3 is 0 Å². The average Bonchev–Trinajstić information content (AvgIpc) is 2.22. The summed E-state index contributed by atoms with van der Waals surface area (Å²) in [6, 6.07) is 4.38. The van der Waals surface area contributed by atoms with Crippen LogP contribution in [0.5, 0.6) is 0 Å². The fourth-order valence-corrected chi connectivity index (χ4v) is 1.49. The maximum atomic E-state index is 12.7. The van der Waals surface area contributed by atoms with Gasteiger partial charge in [-0.3, -0.25) is 0 Å². The van der Waals surface area contributed by atoms with E-state index < -0.39 is 0 Å². The van der Waals surface area contributed by atoms with Gasteiger partial charge in [0.2, 0.25) is 0 Å². The molecule has 0 spiro atoms. The summed E-state index contributed by atoms with van der Waals surface area (Å²) in [6.07, 6.45) is 0.843. The highest BCUT2D eigenvalue weighted by atomic mass is 35.5. The van der Waals surface area contributed by atoms with Crippen LogP contribution in [0.3, 0.4) is 0 Å². The standard InChI is InChI=1S/C11H15ClFNO/c1-2-10(7-15)14-6-8-3-4-9(13)5-11(8)12/h3-5,10,14-15H,2,6-7H2,1H3/t10-/m1/s1. The Bertz CT molecular complexity index is 315. The Morgan fingerprint density at radius 2 is 2.27 bits per heavy atom. The summed E-state index contributed by atoms with van der Waals surface area (Å²) in [5, 5.41) is 12.5. The molecule has 1 aromatic carbocycles. The van der Waals surface area contributed by atoms with Crippen molar-refractivity contribution in [2.45, 2.75) is 25.9 Å². The van der Waals surface area contributed by atoms with E-state index in [0.29, 0.717) is 11.6 Å². The van der Waals surface area contributed by atoms with Gasteiger partial charge in [0.25, 0.3) is 0 Å². The van der Waals surface area contributed by atoms with Gasteiger partial charge in [-0.1, -0.05) is 24.6 Å². The Morgan fingerprint density at radius 3 is 2.80 bits per heavy atom. The maximum Gasteiger partial charge on any atom is 0.124 e. The Hall–Kier alpha value is -0.640. The first kappa shape index (κ1) is 12.4. The van der Waals surface area contributed by atoms with Crippen LogP contribution >= 0.6 is 11.6 Å². The van der Waals surface area contributed by atoms with E-state index in [1.807, 2.05) is 6.92 Å². The molecule has 1 aromatic rings. The van der Waals surface area contributed by atoms with E-state index in [9.17, 15) is 4.39 Å². The summed E-state index contributed by atoms with van der Waals surface area (Å²) >= 11 is 5.86. The molecule has 0 aliphatic heterocycles. The maximum absolute atomic E-state index is 12.7. The third-order valence-corrected chi connectivity index (χ3v) is 2.66. The first-order chi connectivity index (χ1) is 7.17. The van der Waals surface area contributed by atoms with Crippen molar-refractivity contribution < 1.29 is 9.50 Å². The lowest BCUT2D eigenvalue weighted by atomic mass is 10.2. The van der Waals surface area contributed by atoms with Crippen molar-refractivity contribution in [2.75, 3.05) is 6.61 Å². The predicted molar refractivity (Wildman–Crippen MR) is 59.4 cm³/mol. The van der Waals surface area contributed by atoms with Gasteiger partial charge in [0.15, 0.2) is 0 Å². The molecule has 0 aliphatic carbocycles. The van der Waals surface area contributed by atoms with Gasteiger partial charge in [-0.05, 0) is 24.1 Å². The number of nitrogens with one attached hydrogen (secondary N) is 1. The predicted octanol–water partition coefficient (Wildman–Crippen LogP) is 2.34. The molecule has 0 heterocycles. The number of rotatable bonds is 5. The molecular weight excluding hydrogens is 217 g/mol. The fourth-order valence-electron chi connectivity index (χ4n) is 1.26. The highest BCUT2D eigenvalue weighted by Crippen LogP contribution is 2.17. The van der Waals surface area contributed by atoms with Gasteiger partial charge in [-0.2, -0.15) is 0 Å². The van der Waals surface area contributed by atoms with Crippen LogP contribution in [0.25, 0.3) is 0 Å². The first-order valence-corrected chi connectivity index (χ1v) is 5.33. The van der Waals surface area contributed by atoms with Crippen molar-refractivity contribution in [2.24, 2.45) is 0 Å².